The molecule has 6 heteroatoms. The molecule has 0 saturated carbocycles. The van der Waals surface area contributed by atoms with Crippen molar-refractivity contribution in [2.75, 3.05) is 18.9 Å². The molecule has 0 N–H and O–H groups in total. The van der Waals surface area contributed by atoms with Crippen molar-refractivity contribution in [3.63, 3.8) is 0 Å². The summed E-state index contributed by atoms with van der Waals surface area (Å²) in [5.41, 5.74) is -0.686. The topological polar surface area (TPSA) is 9.23 Å². The molecule has 1 rings (SSSR count). The van der Waals surface area contributed by atoms with Gasteiger partial charge in [-0.2, -0.15) is 11.8 Å². The van der Waals surface area contributed by atoms with Crippen LogP contribution in [-0.2, 0) is 4.74 Å². The Hall–Kier alpha value is 0.165. The normalized spacial score (nSPS) is 20.7. The molecule has 0 atom stereocenters. The van der Waals surface area contributed by atoms with Crippen molar-refractivity contribution in [3.8, 4) is 0 Å². The van der Waals surface area contributed by atoms with Crippen LogP contribution in [0.3, 0.4) is 0 Å². The number of rotatable bonds is 3. The zero-order valence-corrected chi connectivity index (χ0v) is 6.04. The lowest BCUT2D eigenvalue weighted by atomic mass is 9.98. The lowest BCUT2D eigenvalue weighted by Gasteiger charge is -2.27. The maximum Gasteiger partial charge on any atom is 0.488 e. The summed E-state index contributed by atoms with van der Waals surface area (Å²) < 4.78 is 39.5. The van der Waals surface area contributed by atoms with Gasteiger partial charge in [-0.05, 0) is 5.65 Å². The number of thioether (sulfide) groups is 1. The van der Waals surface area contributed by atoms with E-state index in [0.717, 1.165) is 11.8 Å². The summed E-state index contributed by atoms with van der Waals surface area (Å²) in [4.78, 5) is 0. The Labute approximate surface area is 61.4 Å². The molecule has 60 valence electrons. The van der Waals surface area contributed by atoms with Crippen LogP contribution in [0, 0.1) is 0 Å². The largest absolute Gasteiger partial charge is 0.488 e. The molecule has 0 aromatic carbocycles. The van der Waals surface area contributed by atoms with Crippen molar-refractivity contribution in [1.82, 2.24) is 0 Å². The third kappa shape index (κ3) is 2.83. The molecule has 1 saturated heterocycles. The van der Waals surface area contributed by atoms with Gasteiger partial charge in [-0.25, -0.2) is 0 Å². The summed E-state index contributed by atoms with van der Waals surface area (Å²) in [5, 5.41) is 0.0866. The molecule has 1 aliphatic rings. The lowest BCUT2D eigenvalue weighted by molar-refractivity contribution is 0.0456. The van der Waals surface area contributed by atoms with Gasteiger partial charge in [0.2, 0.25) is 0 Å². The molecule has 0 aromatic heterocycles. The highest BCUT2D eigenvalue weighted by molar-refractivity contribution is 8.01. The van der Waals surface area contributed by atoms with Gasteiger partial charge in [0, 0.05) is 5.25 Å². The maximum atomic E-state index is 11.6. The molecular weight excluding hydrogens is 164 g/mol. The predicted molar refractivity (Wildman–Crippen MR) is 36.1 cm³/mol. The van der Waals surface area contributed by atoms with E-state index in [-0.39, 0.29) is 5.25 Å². The summed E-state index contributed by atoms with van der Waals surface area (Å²) in [6.07, 6.45) is 0. The molecule has 0 radical (unpaired) electrons. The van der Waals surface area contributed by atoms with E-state index in [4.69, 9.17) is 4.74 Å². The molecule has 1 heterocycles. The zero-order chi connectivity index (χ0) is 7.61. The minimum Gasteiger partial charge on any atom is -0.448 e. The van der Waals surface area contributed by atoms with E-state index in [1.54, 1.807) is 0 Å². The Morgan fingerprint density at radius 1 is 1.40 bits per heavy atom. The minimum absolute atomic E-state index is 0.0866. The van der Waals surface area contributed by atoms with Gasteiger partial charge in [0.15, 0.2) is 0 Å². The minimum atomic E-state index is -4.60. The van der Waals surface area contributed by atoms with E-state index in [0.29, 0.717) is 13.2 Å². The van der Waals surface area contributed by atoms with Crippen molar-refractivity contribution in [1.29, 1.82) is 0 Å². The van der Waals surface area contributed by atoms with Gasteiger partial charge in [0.1, 0.15) is 0 Å². The average Bonchev–Trinajstić information content (AvgIpc) is 1.56. The lowest BCUT2D eigenvalue weighted by Crippen LogP contribution is -2.33. The van der Waals surface area contributed by atoms with Crippen molar-refractivity contribution in [3.05, 3.63) is 0 Å². The molecule has 0 unspecified atom stereocenters. The number of halogens is 3. The Balaban J connectivity index is 2.04. The Bertz CT molecular complexity index is 114. The van der Waals surface area contributed by atoms with Gasteiger partial charge in [-0.1, -0.05) is 0 Å². The molecular formula is C4H7BF3OS-. The fraction of sp³-hybridized carbons (Fsp3) is 1.00. The summed E-state index contributed by atoms with van der Waals surface area (Å²) >= 11 is 0.948. The molecule has 0 aliphatic carbocycles. The first-order chi connectivity index (χ1) is 4.58. The highest BCUT2D eigenvalue weighted by atomic mass is 32.2. The van der Waals surface area contributed by atoms with Crippen LogP contribution in [0.2, 0.25) is 0 Å². The van der Waals surface area contributed by atoms with E-state index < -0.39 is 12.6 Å². The molecule has 0 amide bonds. The Kier molecular flexibility index (Phi) is 2.52. The Morgan fingerprint density at radius 3 is 2.30 bits per heavy atom. The van der Waals surface area contributed by atoms with Gasteiger partial charge in [-0.15, -0.1) is 0 Å². The highest BCUT2D eigenvalue weighted by Gasteiger charge is 2.27. The van der Waals surface area contributed by atoms with Crippen LogP contribution in [0.25, 0.3) is 0 Å². The number of hydrogen-bond donors (Lipinski definition) is 0. The van der Waals surface area contributed by atoms with Gasteiger partial charge in [0.25, 0.3) is 0 Å². The van der Waals surface area contributed by atoms with E-state index in [1.807, 2.05) is 0 Å². The first kappa shape index (κ1) is 8.26. The summed E-state index contributed by atoms with van der Waals surface area (Å²) in [7, 11) is 0. The molecule has 0 spiro atoms. The summed E-state index contributed by atoms with van der Waals surface area (Å²) in [5.74, 6) is 0. The van der Waals surface area contributed by atoms with Crippen LogP contribution < -0.4 is 0 Å². The fourth-order valence-electron chi connectivity index (χ4n) is 0.555. The van der Waals surface area contributed by atoms with Gasteiger partial charge in [-0.3, -0.25) is 0 Å². The molecule has 10 heavy (non-hydrogen) atoms. The monoisotopic (exact) mass is 171 g/mol. The van der Waals surface area contributed by atoms with Gasteiger partial charge in [0.05, 0.1) is 13.2 Å². The number of ether oxygens (including phenoxy) is 1. The van der Waals surface area contributed by atoms with E-state index in [1.165, 1.54) is 0 Å². The zero-order valence-electron chi connectivity index (χ0n) is 5.23. The van der Waals surface area contributed by atoms with Crippen LogP contribution in [0.1, 0.15) is 0 Å². The van der Waals surface area contributed by atoms with Gasteiger partial charge < -0.3 is 17.7 Å². The van der Waals surface area contributed by atoms with Crippen LogP contribution in [0.15, 0.2) is 0 Å². The highest BCUT2D eigenvalue weighted by Crippen LogP contribution is 2.24. The predicted octanol–water partition coefficient (Wildman–Crippen LogP) is 1.50. The molecule has 0 aromatic rings. The number of hydrogen-bond acceptors (Lipinski definition) is 2. The van der Waals surface area contributed by atoms with Crippen LogP contribution in [0.5, 0.6) is 0 Å². The van der Waals surface area contributed by atoms with Crippen molar-refractivity contribution >= 4 is 18.7 Å². The second kappa shape index (κ2) is 3.05. The fourth-order valence-corrected chi connectivity index (χ4v) is 1.43. The van der Waals surface area contributed by atoms with Crippen molar-refractivity contribution in [2.45, 2.75) is 5.25 Å². The smallest absolute Gasteiger partial charge is 0.448 e. The van der Waals surface area contributed by atoms with Crippen LogP contribution >= 0.6 is 11.8 Å². The first-order valence-electron chi connectivity index (χ1n) is 2.98. The van der Waals surface area contributed by atoms with E-state index in [9.17, 15) is 12.9 Å². The summed E-state index contributed by atoms with van der Waals surface area (Å²) in [6, 6.07) is 0. The molecule has 1 fully saturated rings. The molecule has 0 bridgehead atoms. The maximum absolute atomic E-state index is 11.6. The standard InChI is InChI=1S/C4H7BF3OS/c6-5(7,8)3-10-4-1-9-2-4/h4H,1-3H2/q-1. The van der Waals surface area contributed by atoms with Crippen molar-refractivity contribution < 1.29 is 17.7 Å². The second-order valence-corrected chi connectivity index (χ2v) is 3.54. The van der Waals surface area contributed by atoms with E-state index in [2.05, 4.69) is 0 Å². The third-order valence-corrected chi connectivity index (χ3v) is 2.44. The van der Waals surface area contributed by atoms with E-state index >= 15 is 0 Å². The van der Waals surface area contributed by atoms with Crippen LogP contribution in [0.4, 0.5) is 12.9 Å². The SMILES string of the molecule is F[B-](F)(F)CSC1COC1. The van der Waals surface area contributed by atoms with Crippen molar-refractivity contribution in [2.24, 2.45) is 0 Å². The van der Waals surface area contributed by atoms with Gasteiger partial charge >= 0.3 is 6.98 Å². The quantitative estimate of drug-likeness (QED) is 0.595. The van der Waals surface area contributed by atoms with Crippen LogP contribution in [-0.4, -0.2) is 31.1 Å². The first-order valence-corrected chi connectivity index (χ1v) is 4.03. The third-order valence-electron chi connectivity index (χ3n) is 1.13. The second-order valence-electron chi connectivity index (χ2n) is 2.20. The molecule has 1 nitrogen and oxygen atoms in total. The Morgan fingerprint density at radius 2 is 2.00 bits per heavy atom. The molecule has 1 aliphatic heterocycles. The summed E-state index contributed by atoms with van der Waals surface area (Å²) in [6.45, 7) is -3.63. The average molecular weight is 171 g/mol.